The molecule has 21 heavy (non-hydrogen) atoms. The molecule has 1 aliphatic carbocycles. The van der Waals surface area contributed by atoms with Crippen molar-refractivity contribution in [3.8, 4) is 0 Å². The van der Waals surface area contributed by atoms with Gasteiger partial charge < -0.3 is 22.3 Å². The Morgan fingerprint density at radius 2 is 1.43 bits per heavy atom. The second-order valence-electron chi connectivity index (χ2n) is 5.63. The summed E-state index contributed by atoms with van der Waals surface area (Å²) in [7, 11) is 1.79. The van der Waals surface area contributed by atoms with Gasteiger partial charge in [-0.05, 0) is 12.3 Å². The summed E-state index contributed by atoms with van der Waals surface area (Å²) in [6.07, 6.45) is 7.09. The molecule has 124 valence electrons. The van der Waals surface area contributed by atoms with Crippen molar-refractivity contribution in [3.05, 3.63) is 17.6 Å². The van der Waals surface area contributed by atoms with Gasteiger partial charge in [0.25, 0.3) is 0 Å². The third kappa shape index (κ3) is 23.5. The summed E-state index contributed by atoms with van der Waals surface area (Å²) in [4.78, 5) is 0. The van der Waals surface area contributed by atoms with E-state index in [0.29, 0.717) is 18.8 Å². The van der Waals surface area contributed by atoms with Crippen molar-refractivity contribution in [3.63, 3.8) is 0 Å². The van der Waals surface area contributed by atoms with Crippen molar-refractivity contribution in [2.24, 2.45) is 5.92 Å². The minimum absolute atomic E-state index is 0. The normalized spacial score (nSPS) is 14.1. The standard InChI is InChI=1S/C8H16O.C7H16N2.C2H5.La/c1-9-7-6-8-4-2-3-5-8;1-6(2)8-5-9-7(3)4;1-2;/h8H,2-7H2,1H3;6-7H,5H2,1-4H3;1H2,2H3;/q;-2;-1;+3. The molecular weight excluding hydrogens is 387 g/mol. The van der Waals surface area contributed by atoms with Crippen molar-refractivity contribution >= 4 is 0 Å². The fraction of sp³-hybridized carbons (Fsp3) is 0.941. The van der Waals surface area contributed by atoms with Crippen molar-refractivity contribution in [1.29, 1.82) is 0 Å². The van der Waals surface area contributed by atoms with E-state index in [-0.39, 0.29) is 35.6 Å². The Morgan fingerprint density at radius 3 is 1.76 bits per heavy atom. The van der Waals surface area contributed by atoms with Gasteiger partial charge in [-0.3, -0.25) is 6.67 Å². The molecule has 0 unspecified atom stereocenters. The van der Waals surface area contributed by atoms with Crippen molar-refractivity contribution < 1.29 is 40.3 Å². The number of methoxy groups -OCH3 is 1. The monoisotopic (exact) mass is 424 g/mol. The van der Waals surface area contributed by atoms with Gasteiger partial charge in [-0.15, -0.1) is 12.1 Å². The van der Waals surface area contributed by atoms with Crippen molar-refractivity contribution in [2.45, 2.75) is 78.8 Å². The van der Waals surface area contributed by atoms with E-state index in [1.165, 1.54) is 32.1 Å². The van der Waals surface area contributed by atoms with Crippen LogP contribution in [0.2, 0.25) is 0 Å². The van der Waals surface area contributed by atoms with Crippen LogP contribution in [0.25, 0.3) is 10.6 Å². The van der Waals surface area contributed by atoms with Gasteiger partial charge in [0.2, 0.25) is 0 Å². The smallest absolute Gasteiger partial charge is 0.678 e. The maximum atomic E-state index is 5.00. The molecule has 0 amide bonds. The van der Waals surface area contributed by atoms with Crippen LogP contribution in [-0.4, -0.2) is 32.5 Å². The molecule has 1 fully saturated rings. The Hall–Kier alpha value is 1.07. The van der Waals surface area contributed by atoms with Crippen LogP contribution in [0, 0.1) is 48.4 Å². The SMILES string of the molecule is CC(C)[N-]C[N-]C(C)C.COCCC1CCCC1.[CH2-]C.[La+3]. The first kappa shape index (κ1) is 26.9. The van der Waals surface area contributed by atoms with Crippen LogP contribution >= 0.6 is 0 Å². The van der Waals surface area contributed by atoms with E-state index >= 15 is 0 Å². The van der Waals surface area contributed by atoms with Gasteiger partial charge in [-0.1, -0.05) is 53.4 Å². The molecule has 0 aromatic heterocycles. The summed E-state index contributed by atoms with van der Waals surface area (Å²) in [5.74, 6) is 0.991. The second-order valence-corrected chi connectivity index (χ2v) is 5.63. The third-order valence-corrected chi connectivity index (χ3v) is 3.10. The molecule has 0 aromatic carbocycles. The minimum atomic E-state index is 0. The molecule has 0 heterocycles. The molecule has 1 rings (SSSR count). The van der Waals surface area contributed by atoms with Gasteiger partial charge in [-0.2, -0.15) is 6.92 Å². The molecule has 0 bridgehead atoms. The second kappa shape index (κ2) is 21.1. The first-order valence-electron chi connectivity index (χ1n) is 8.09. The van der Waals surface area contributed by atoms with E-state index < -0.39 is 0 Å². The largest absolute Gasteiger partial charge is 3.00 e. The average molecular weight is 424 g/mol. The zero-order valence-electron chi connectivity index (χ0n) is 15.3. The van der Waals surface area contributed by atoms with Crippen LogP contribution in [-0.2, 0) is 4.74 Å². The molecule has 0 aromatic rings. The van der Waals surface area contributed by atoms with Crippen molar-refractivity contribution in [2.75, 3.05) is 20.4 Å². The van der Waals surface area contributed by atoms with E-state index in [4.69, 9.17) is 4.74 Å². The number of ether oxygens (including phenoxy) is 1. The van der Waals surface area contributed by atoms with E-state index in [1.807, 2.05) is 0 Å². The Bertz CT molecular complexity index is 164. The van der Waals surface area contributed by atoms with Crippen LogP contribution in [0.15, 0.2) is 0 Å². The fourth-order valence-corrected chi connectivity index (χ4v) is 1.96. The Labute approximate surface area is 162 Å². The van der Waals surface area contributed by atoms with Gasteiger partial charge in [0.05, 0.1) is 0 Å². The maximum absolute atomic E-state index is 5.00. The number of hydrogen-bond donors (Lipinski definition) is 0. The third-order valence-electron chi connectivity index (χ3n) is 3.10. The van der Waals surface area contributed by atoms with E-state index in [0.717, 1.165) is 12.5 Å². The average Bonchev–Trinajstić information content (AvgIpc) is 2.91. The number of rotatable bonds is 7. The summed E-state index contributed by atoms with van der Waals surface area (Å²) >= 11 is 0. The molecule has 1 saturated carbocycles. The van der Waals surface area contributed by atoms with Gasteiger partial charge in [-0.25, -0.2) is 0 Å². The van der Waals surface area contributed by atoms with Crippen LogP contribution in [0.4, 0.5) is 0 Å². The molecule has 1 aliphatic rings. The molecular formula is C17H37LaN2O. The molecule has 0 spiro atoms. The molecule has 0 N–H and O–H groups in total. The molecule has 0 aliphatic heterocycles. The summed E-state index contributed by atoms with van der Waals surface area (Å²) in [6, 6.07) is 0.847. The maximum Gasteiger partial charge on any atom is 3.00 e. The number of hydrogen-bond acceptors (Lipinski definition) is 1. The minimum Gasteiger partial charge on any atom is -0.678 e. The summed E-state index contributed by atoms with van der Waals surface area (Å²) in [5.41, 5.74) is 0. The first-order chi connectivity index (χ1) is 9.56. The molecule has 0 radical (unpaired) electrons. The Kier molecular flexibility index (Phi) is 27.0. The topological polar surface area (TPSA) is 37.4 Å². The molecule has 0 saturated heterocycles. The predicted molar refractivity (Wildman–Crippen MR) is 91.3 cm³/mol. The predicted octanol–water partition coefficient (Wildman–Crippen LogP) is 5.56. The molecule has 3 nitrogen and oxygen atoms in total. The number of nitrogens with zero attached hydrogens (tertiary/aromatic N) is 2. The van der Waals surface area contributed by atoms with Gasteiger partial charge in [0.1, 0.15) is 0 Å². The Balaban J connectivity index is -0.000000264. The van der Waals surface area contributed by atoms with Crippen LogP contribution in [0.3, 0.4) is 0 Å². The van der Waals surface area contributed by atoms with Gasteiger partial charge >= 0.3 is 35.6 Å². The first-order valence-corrected chi connectivity index (χ1v) is 8.09. The zero-order valence-corrected chi connectivity index (χ0v) is 18.9. The van der Waals surface area contributed by atoms with Crippen molar-refractivity contribution in [1.82, 2.24) is 0 Å². The Morgan fingerprint density at radius 1 is 1.00 bits per heavy atom. The molecule has 4 heteroatoms. The quantitative estimate of drug-likeness (QED) is 0.493. The van der Waals surface area contributed by atoms with Crippen LogP contribution in [0.1, 0.15) is 66.7 Å². The van der Waals surface area contributed by atoms with Crippen LogP contribution < -0.4 is 0 Å². The zero-order chi connectivity index (χ0) is 15.8. The summed E-state index contributed by atoms with van der Waals surface area (Å²) < 4.78 is 5.00. The summed E-state index contributed by atoms with van der Waals surface area (Å²) in [6.45, 7) is 14.9. The van der Waals surface area contributed by atoms with Gasteiger partial charge in [0.15, 0.2) is 0 Å². The fourth-order valence-electron chi connectivity index (χ4n) is 1.96. The molecule has 0 atom stereocenters. The van der Waals surface area contributed by atoms with Gasteiger partial charge in [0, 0.05) is 13.7 Å². The van der Waals surface area contributed by atoms with E-state index in [1.54, 1.807) is 14.0 Å². The van der Waals surface area contributed by atoms with E-state index in [2.05, 4.69) is 45.3 Å². The van der Waals surface area contributed by atoms with Crippen LogP contribution in [0.5, 0.6) is 0 Å². The summed E-state index contributed by atoms with van der Waals surface area (Å²) in [5, 5.41) is 8.40. The van der Waals surface area contributed by atoms with E-state index in [9.17, 15) is 0 Å².